The maximum Gasteiger partial charge on any atom is 0.363 e. The van der Waals surface area contributed by atoms with Crippen molar-refractivity contribution in [2.75, 3.05) is 5.32 Å². The van der Waals surface area contributed by atoms with Gasteiger partial charge in [0.2, 0.25) is 0 Å². The third kappa shape index (κ3) is 4.08. The fourth-order valence-electron chi connectivity index (χ4n) is 1.02. The minimum absolute atomic E-state index is 0.116. The molecule has 0 fully saturated rings. The summed E-state index contributed by atoms with van der Waals surface area (Å²) in [6.07, 6.45) is 0. The molecule has 0 radical (unpaired) electrons. The Labute approximate surface area is 95.9 Å². The van der Waals surface area contributed by atoms with Gasteiger partial charge in [-0.05, 0) is 18.2 Å². The quantitative estimate of drug-likeness (QED) is 0.535. The summed E-state index contributed by atoms with van der Waals surface area (Å²) in [4.78, 5) is 36.6. The van der Waals surface area contributed by atoms with Gasteiger partial charge in [0.25, 0.3) is 0 Å². The highest BCUT2D eigenvalue weighted by Gasteiger charge is 2.09. The Morgan fingerprint density at radius 2 is 1.82 bits per heavy atom. The van der Waals surface area contributed by atoms with E-state index in [4.69, 9.17) is 11.5 Å². The monoisotopic (exact) mass is 238 g/mol. The SMILES string of the molecule is NC(=O)NOC(=O)c1cccc(NC(N)=O)c1. The average molecular weight is 238 g/mol. The lowest BCUT2D eigenvalue weighted by Crippen LogP contribution is -2.31. The molecule has 8 nitrogen and oxygen atoms in total. The minimum atomic E-state index is -0.996. The molecule has 0 atom stereocenters. The smallest absolute Gasteiger partial charge is 0.351 e. The van der Waals surface area contributed by atoms with Crippen molar-refractivity contribution in [3.05, 3.63) is 29.8 Å². The Morgan fingerprint density at radius 1 is 1.12 bits per heavy atom. The van der Waals surface area contributed by atoms with Gasteiger partial charge in [-0.25, -0.2) is 14.4 Å². The number of rotatable bonds is 2. The number of nitrogens with one attached hydrogen (secondary N) is 2. The van der Waals surface area contributed by atoms with Crippen molar-refractivity contribution in [1.29, 1.82) is 0 Å². The largest absolute Gasteiger partial charge is 0.363 e. The van der Waals surface area contributed by atoms with Crippen molar-refractivity contribution in [2.24, 2.45) is 11.5 Å². The highest BCUT2D eigenvalue weighted by Crippen LogP contribution is 2.10. The molecule has 0 aliphatic rings. The molecule has 0 heterocycles. The molecule has 4 amide bonds. The maximum absolute atomic E-state index is 11.4. The Hall–Kier alpha value is -2.77. The van der Waals surface area contributed by atoms with Crippen LogP contribution in [0.25, 0.3) is 0 Å². The molecule has 0 saturated carbocycles. The second-order valence-electron chi connectivity index (χ2n) is 2.93. The van der Waals surface area contributed by atoms with Gasteiger partial charge in [0.1, 0.15) is 0 Å². The van der Waals surface area contributed by atoms with Gasteiger partial charge in [0.05, 0.1) is 5.56 Å². The lowest BCUT2D eigenvalue weighted by Gasteiger charge is -2.05. The topological polar surface area (TPSA) is 137 Å². The van der Waals surface area contributed by atoms with Gasteiger partial charge in [-0.3, -0.25) is 0 Å². The predicted octanol–water partition coefficient (Wildman–Crippen LogP) is -0.0827. The van der Waals surface area contributed by atoms with Crippen LogP contribution in [0.4, 0.5) is 15.3 Å². The van der Waals surface area contributed by atoms with Crippen LogP contribution in [0.3, 0.4) is 0 Å². The van der Waals surface area contributed by atoms with Gasteiger partial charge in [-0.1, -0.05) is 6.07 Å². The number of hydrogen-bond acceptors (Lipinski definition) is 4. The summed E-state index contributed by atoms with van der Waals surface area (Å²) < 4.78 is 0. The number of hydroxylamine groups is 1. The Morgan fingerprint density at radius 3 is 2.41 bits per heavy atom. The van der Waals surface area contributed by atoms with E-state index < -0.39 is 18.0 Å². The fraction of sp³-hybridized carbons (Fsp3) is 0. The second-order valence-corrected chi connectivity index (χ2v) is 2.93. The summed E-state index contributed by atoms with van der Waals surface area (Å²) >= 11 is 0. The maximum atomic E-state index is 11.4. The molecule has 90 valence electrons. The predicted molar refractivity (Wildman–Crippen MR) is 57.8 cm³/mol. The number of anilines is 1. The van der Waals surface area contributed by atoms with E-state index >= 15 is 0 Å². The van der Waals surface area contributed by atoms with Crippen molar-refractivity contribution in [3.8, 4) is 0 Å². The number of hydrogen-bond donors (Lipinski definition) is 4. The first kappa shape index (κ1) is 12.3. The van der Waals surface area contributed by atoms with E-state index in [9.17, 15) is 14.4 Å². The molecule has 1 rings (SSSR count). The zero-order valence-electron chi connectivity index (χ0n) is 8.60. The lowest BCUT2D eigenvalue weighted by molar-refractivity contribution is 0.0335. The number of nitrogens with two attached hydrogens (primary N) is 2. The summed E-state index contributed by atoms with van der Waals surface area (Å²) in [7, 11) is 0. The lowest BCUT2D eigenvalue weighted by atomic mass is 10.2. The second kappa shape index (κ2) is 5.35. The minimum Gasteiger partial charge on any atom is -0.351 e. The van der Waals surface area contributed by atoms with Gasteiger partial charge in [-0.2, -0.15) is 5.48 Å². The molecular formula is C9H10N4O4. The van der Waals surface area contributed by atoms with Crippen LogP contribution >= 0.6 is 0 Å². The molecule has 6 N–H and O–H groups in total. The molecule has 8 heteroatoms. The normalized spacial score (nSPS) is 9.18. The van der Waals surface area contributed by atoms with E-state index in [-0.39, 0.29) is 5.56 Å². The van der Waals surface area contributed by atoms with Crippen molar-refractivity contribution < 1.29 is 19.2 Å². The number of urea groups is 2. The molecule has 0 unspecified atom stereocenters. The third-order valence-corrected chi connectivity index (χ3v) is 1.61. The molecule has 0 saturated heterocycles. The van der Waals surface area contributed by atoms with Gasteiger partial charge >= 0.3 is 18.0 Å². The van der Waals surface area contributed by atoms with E-state index in [1.54, 1.807) is 5.48 Å². The summed E-state index contributed by atoms with van der Waals surface area (Å²) in [5.41, 5.74) is 11.7. The van der Waals surface area contributed by atoms with Gasteiger partial charge in [0.15, 0.2) is 0 Å². The molecular weight excluding hydrogens is 228 g/mol. The Balaban J connectivity index is 2.73. The van der Waals surface area contributed by atoms with Gasteiger partial charge in [0, 0.05) is 5.69 Å². The molecule has 0 aromatic heterocycles. The highest BCUT2D eigenvalue weighted by molar-refractivity contribution is 5.93. The number of carbonyl (C=O) groups excluding carboxylic acids is 3. The van der Waals surface area contributed by atoms with E-state index in [0.29, 0.717) is 5.69 Å². The zero-order valence-corrected chi connectivity index (χ0v) is 8.60. The number of carbonyl (C=O) groups is 3. The number of benzene rings is 1. The summed E-state index contributed by atoms with van der Waals surface area (Å²) in [6.45, 7) is 0. The molecule has 1 aromatic rings. The van der Waals surface area contributed by atoms with Crippen LogP contribution in [0.5, 0.6) is 0 Å². The Kier molecular flexibility index (Phi) is 3.87. The van der Waals surface area contributed by atoms with E-state index in [1.165, 1.54) is 24.3 Å². The first-order valence-electron chi connectivity index (χ1n) is 4.42. The standard InChI is InChI=1S/C9H10N4O4/c10-8(15)12-6-3-1-2-5(4-6)7(14)17-13-9(11)16/h1-4H,(H3,10,12,15)(H3,11,13,16). The van der Waals surface area contributed by atoms with E-state index in [1.807, 2.05) is 0 Å². The molecule has 17 heavy (non-hydrogen) atoms. The number of primary amides is 2. The van der Waals surface area contributed by atoms with Crippen LogP contribution in [0.2, 0.25) is 0 Å². The van der Waals surface area contributed by atoms with Gasteiger partial charge < -0.3 is 21.6 Å². The van der Waals surface area contributed by atoms with Crippen LogP contribution in [-0.4, -0.2) is 18.0 Å². The average Bonchev–Trinajstić information content (AvgIpc) is 2.25. The Bertz CT molecular complexity index is 460. The molecule has 0 aliphatic carbocycles. The highest BCUT2D eigenvalue weighted by atomic mass is 16.7. The van der Waals surface area contributed by atoms with Crippen molar-refractivity contribution in [1.82, 2.24) is 5.48 Å². The fourth-order valence-corrected chi connectivity index (χ4v) is 1.02. The zero-order chi connectivity index (χ0) is 12.8. The van der Waals surface area contributed by atoms with Crippen molar-refractivity contribution in [3.63, 3.8) is 0 Å². The molecule has 0 bridgehead atoms. The van der Waals surface area contributed by atoms with E-state index in [2.05, 4.69) is 10.2 Å². The first-order chi connectivity index (χ1) is 7.99. The third-order valence-electron chi connectivity index (χ3n) is 1.61. The van der Waals surface area contributed by atoms with Crippen LogP contribution in [0.1, 0.15) is 10.4 Å². The number of amides is 4. The van der Waals surface area contributed by atoms with Crippen molar-refractivity contribution in [2.45, 2.75) is 0 Å². The molecule has 0 aliphatic heterocycles. The molecule has 0 spiro atoms. The van der Waals surface area contributed by atoms with E-state index in [0.717, 1.165) is 0 Å². The summed E-state index contributed by atoms with van der Waals surface area (Å²) in [6, 6.07) is 4.04. The van der Waals surface area contributed by atoms with Gasteiger partial charge in [-0.15, -0.1) is 0 Å². The van der Waals surface area contributed by atoms with Crippen LogP contribution in [0, 0.1) is 0 Å². The molecule has 1 aromatic carbocycles. The summed E-state index contributed by atoms with van der Waals surface area (Å²) in [5, 5.41) is 2.28. The van der Waals surface area contributed by atoms with Crippen molar-refractivity contribution >= 4 is 23.7 Å². The summed E-state index contributed by atoms with van der Waals surface area (Å²) in [5.74, 6) is -0.822. The van der Waals surface area contributed by atoms with Crippen LogP contribution < -0.4 is 22.3 Å². The van der Waals surface area contributed by atoms with Crippen LogP contribution in [-0.2, 0) is 4.84 Å². The van der Waals surface area contributed by atoms with Crippen LogP contribution in [0.15, 0.2) is 24.3 Å². The first-order valence-corrected chi connectivity index (χ1v) is 4.42.